The molecule has 78 valence electrons. The molecule has 1 heterocycles. The fourth-order valence-electron chi connectivity index (χ4n) is 1.24. The summed E-state index contributed by atoms with van der Waals surface area (Å²) in [4.78, 5) is 0. The standard InChI is InChI=1S/C8H7ClFN5/c9-4-2-1-3-5(10)6(4)7(11)8-12-14-15-13-8/h1-3,7H,11H2,(H,12,13,14,15). The highest BCUT2D eigenvalue weighted by Crippen LogP contribution is 2.26. The van der Waals surface area contributed by atoms with E-state index in [2.05, 4.69) is 20.6 Å². The highest BCUT2D eigenvalue weighted by molar-refractivity contribution is 6.31. The Bertz CT molecular complexity index is 438. The molecule has 0 fully saturated rings. The Balaban J connectivity index is 2.46. The van der Waals surface area contributed by atoms with Gasteiger partial charge in [0.15, 0.2) is 5.82 Å². The predicted octanol–water partition coefficient (Wildman–Crippen LogP) is 1.04. The first-order chi connectivity index (χ1) is 7.20. The van der Waals surface area contributed by atoms with Crippen molar-refractivity contribution in [2.45, 2.75) is 6.04 Å². The minimum absolute atomic E-state index is 0.167. The van der Waals surface area contributed by atoms with Gasteiger partial charge in [-0.05, 0) is 12.1 Å². The number of nitrogens with one attached hydrogen (secondary N) is 1. The van der Waals surface area contributed by atoms with Crippen molar-refractivity contribution in [3.8, 4) is 0 Å². The summed E-state index contributed by atoms with van der Waals surface area (Å²) < 4.78 is 13.4. The lowest BCUT2D eigenvalue weighted by Gasteiger charge is -2.10. The number of aromatic nitrogens is 4. The van der Waals surface area contributed by atoms with E-state index in [1.807, 2.05) is 0 Å². The summed E-state index contributed by atoms with van der Waals surface area (Å²) in [6, 6.07) is 3.52. The van der Waals surface area contributed by atoms with Crippen LogP contribution in [0, 0.1) is 5.82 Å². The molecule has 0 radical (unpaired) electrons. The summed E-state index contributed by atoms with van der Waals surface area (Å²) in [6.45, 7) is 0. The maximum Gasteiger partial charge on any atom is 0.195 e. The van der Waals surface area contributed by atoms with Crippen LogP contribution in [0.15, 0.2) is 18.2 Å². The molecule has 15 heavy (non-hydrogen) atoms. The number of H-pyrrole nitrogens is 1. The van der Waals surface area contributed by atoms with E-state index in [1.54, 1.807) is 6.07 Å². The van der Waals surface area contributed by atoms with Gasteiger partial charge in [0, 0.05) is 10.6 Å². The third-order valence-electron chi connectivity index (χ3n) is 1.95. The molecule has 0 aliphatic rings. The Hall–Kier alpha value is -1.53. The summed E-state index contributed by atoms with van der Waals surface area (Å²) in [7, 11) is 0. The van der Waals surface area contributed by atoms with Crippen molar-refractivity contribution in [2.24, 2.45) is 5.73 Å². The Morgan fingerprint density at radius 3 is 2.87 bits per heavy atom. The lowest BCUT2D eigenvalue weighted by molar-refractivity contribution is 0.594. The number of aromatic amines is 1. The minimum atomic E-state index is -0.822. The molecule has 3 N–H and O–H groups in total. The van der Waals surface area contributed by atoms with Gasteiger partial charge in [0.1, 0.15) is 5.82 Å². The van der Waals surface area contributed by atoms with Crippen molar-refractivity contribution in [2.75, 3.05) is 0 Å². The van der Waals surface area contributed by atoms with E-state index in [0.717, 1.165) is 0 Å². The van der Waals surface area contributed by atoms with E-state index in [0.29, 0.717) is 0 Å². The number of tetrazole rings is 1. The summed E-state index contributed by atoms with van der Waals surface area (Å²) in [5, 5.41) is 13.2. The monoisotopic (exact) mass is 227 g/mol. The number of nitrogens with two attached hydrogens (primary N) is 1. The zero-order valence-corrected chi connectivity index (χ0v) is 8.24. The van der Waals surface area contributed by atoms with Crippen molar-refractivity contribution >= 4 is 11.6 Å². The molecule has 0 amide bonds. The smallest absolute Gasteiger partial charge is 0.195 e. The number of hydrogen-bond donors (Lipinski definition) is 2. The topological polar surface area (TPSA) is 80.5 Å². The molecule has 0 bridgehead atoms. The van der Waals surface area contributed by atoms with Crippen LogP contribution in [0.1, 0.15) is 17.4 Å². The lowest BCUT2D eigenvalue weighted by atomic mass is 10.1. The Kier molecular flexibility index (Phi) is 2.61. The first-order valence-electron chi connectivity index (χ1n) is 4.13. The van der Waals surface area contributed by atoms with Gasteiger partial charge in [0.05, 0.1) is 6.04 Å². The van der Waals surface area contributed by atoms with Gasteiger partial charge in [-0.3, -0.25) is 0 Å². The number of hydrogen-bond acceptors (Lipinski definition) is 4. The molecular formula is C8H7ClFN5. The summed E-state index contributed by atoms with van der Waals surface area (Å²) in [5.74, 6) is -0.290. The van der Waals surface area contributed by atoms with E-state index in [9.17, 15) is 4.39 Å². The Labute approximate surface area is 89.4 Å². The van der Waals surface area contributed by atoms with Gasteiger partial charge in [-0.1, -0.05) is 22.9 Å². The second kappa shape index (κ2) is 3.92. The van der Waals surface area contributed by atoms with E-state index < -0.39 is 11.9 Å². The van der Waals surface area contributed by atoms with Crippen LogP contribution >= 0.6 is 11.6 Å². The van der Waals surface area contributed by atoms with Crippen LogP contribution in [0.2, 0.25) is 5.02 Å². The molecule has 1 aromatic heterocycles. The van der Waals surface area contributed by atoms with Crippen LogP contribution in [0.4, 0.5) is 4.39 Å². The van der Waals surface area contributed by atoms with Gasteiger partial charge in [-0.25, -0.2) is 4.39 Å². The fourth-order valence-corrected chi connectivity index (χ4v) is 1.52. The zero-order chi connectivity index (χ0) is 10.8. The van der Waals surface area contributed by atoms with E-state index in [4.69, 9.17) is 17.3 Å². The van der Waals surface area contributed by atoms with Gasteiger partial charge in [-0.2, -0.15) is 5.21 Å². The Morgan fingerprint density at radius 1 is 1.47 bits per heavy atom. The molecule has 0 spiro atoms. The first kappa shape index (κ1) is 10.0. The molecule has 0 aliphatic carbocycles. The Morgan fingerprint density at radius 2 is 2.27 bits per heavy atom. The highest BCUT2D eigenvalue weighted by atomic mass is 35.5. The van der Waals surface area contributed by atoms with Crippen molar-refractivity contribution in [3.05, 3.63) is 40.4 Å². The second-order valence-electron chi connectivity index (χ2n) is 2.88. The quantitative estimate of drug-likeness (QED) is 0.803. The van der Waals surface area contributed by atoms with Crippen molar-refractivity contribution < 1.29 is 4.39 Å². The van der Waals surface area contributed by atoms with Gasteiger partial charge in [0.2, 0.25) is 0 Å². The molecule has 0 saturated carbocycles. The number of halogens is 2. The molecule has 1 atom stereocenters. The van der Waals surface area contributed by atoms with Gasteiger partial charge in [0.25, 0.3) is 0 Å². The van der Waals surface area contributed by atoms with Crippen LogP contribution in [-0.4, -0.2) is 20.6 Å². The molecule has 0 aliphatic heterocycles. The molecule has 7 heteroatoms. The summed E-state index contributed by atoms with van der Waals surface area (Å²) in [6.07, 6.45) is 0. The number of nitrogens with zero attached hydrogens (tertiary/aromatic N) is 3. The molecule has 2 rings (SSSR count). The highest BCUT2D eigenvalue weighted by Gasteiger charge is 2.20. The van der Waals surface area contributed by atoms with Crippen molar-refractivity contribution in [1.29, 1.82) is 0 Å². The maximum atomic E-state index is 13.4. The maximum absolute atomic E-state index is 13.4. The minimum Gasteiger partial charge on any atom is -0.317 e. The SMILES string of the molecule is NC(c1nn[nH]n1)c1c(F)cccc1Cl. The fraction of sp³-hybridized carbons (Fsp3) is 0.125. The lowest BCUT2D eigenvalue weighted by Crippen LogP contribution is -2.16. The van der Waals surface area contributed by atoms with Crippen LogP contribution < -0.4 is 5.73 Å². The normalized spacial score (nSPS) is 12.7. The van der Waals surface area contributed by atoms with Crippen LogP contribution in [0.25, 0.3) is 0 Å². The second-order valence-corrected chi connectivity index (χ2v) is 3.29. The van der Waals surface area contributed by atoms with E-state index in [-0.39, 0.29) is 16.4 Å². The molecular weight excluding hydrogens is 221 g/mol. The van der Waals surface area contributed by atoms with Crippen LogP contribution in [0.5, 0.6) is 0 Å². The van der Waals surface area contributed by atoms with Gasteiger partial charge < -0.3 is 5.73 Å². The third-order valence-corrected chi connectivity index (χ3v) is 2.28. The number of rotatable bonds is 2. The molecule has 0 saturated heterocycles. The van der Waals surface area contributed by atoms with E-state index >= 15 is 0 Å². The van der Waals surface area contributed by atoms with Gasteiger partial charge >= 0.3 is 0 Å². The summed E-state index contributed by atoms with van der Waals surface area (Å²) in [5.41, 5.74) is 5.92. The average Bonchev–Trinajstić information content (AvgIpc) is 2.69. The largest absolute Gasteiger partial charge is 0.317 e. The van der Waals surface area contributed by atoms with Crippen molar-refractivity contribution in [1.82, 2.24) is 20.6 Å². The third kappa shape index (κ3) is 1.81. The van der Waals surface area contributed by atoms with Crippen molar-refractivity contribution in [3.63, 3.8) is 0 Å². The molecule has 5 nitrogen and oxygen atoms in total. The zero-order valence-electron chi connectivity index (χ0n) is 7.48. The summed E-state index contributed by atoms with van der Waals surface area (Å²) >= 11 is 5.84. The predicted molar refractivity (Wildman–Crippen MR) is 51.6 cm³/mol. The molecule has 1 unspecified atom stereocenters. The molecule has 2 aromatic rings. The number of benzene rings is 1. The first-order valence-corrected chi connectivity index (χ1v) is 4.51. The van der Waals surface area contributed by atoms with Gasteiger partial charge in [-0.15, -0.1) is 10.2 Å². The van der Waals surface area contributed by atoms with Crippen LogP contribution in [0.3, 0.4) is 0 Å². The van der Waals surface area contributed by atoms with E-state index in [1.165, 1.54) is 12.1 Å². The molecule has 1 aromatic carbocycles. The average molecular weight is 228 g/mol. The van der Waals surface area contributed by atoms with Crippen LogP contribution in [-0.2, 0) is 0 Å².